The second-order valence-corrected chi connectivity index (χ2v) is 5.26. The maximum Gasteiger partial charge on any atom is 0.154 e. The molecule has 0 unspecified atom stereocenters. The van der Waals surface area contributed by atoms with Gasteiger partial charge in [-0.05, 0) is 35.7 Å². The van der Waals surface area contributed by atoms with Crippen LogP contribution < -0.4 is 0 Å². The molecule has 0 N–H and O–H groups in total. The van der Waals surface area contributed by atoms with E-state index >= 15 is 0 Å². The molecule has 0 saturated heterocycles. The van der Waals surface area contributed by atoms with Gasteiger partial charge in [0.2, 0.25) is 0 Å². The number of hydrogen-bond donors (Lipinski definition) is 0. The number of fused-ring (bicyclic) bond motifs is 1. The summed E-state index contributed by atoms with van der Waals surface area (Å²) >= 11 is 1.68. The number of nitrogens with zero attached hydrogens (tertiary/aromatic N) is 4. The minimum atomic E-state index is 0.850. The molecule has 0 radical (unpaired) electrons. The number of rotatable bonds is 2. The van der Waals surface area contributed by atoms with Crippen LogP contribution in [0.3, 0.4) is 0 Å². The molecule has 0 aliphatic carbocycles. The topological polar surface area (TPSA) is 43.1 Å². The van der Waals surface area contributed by atoms with E-state index < -0.39 is 0 Å². The molecule has 20 heavy (non-hydrogen) atoms. The summed E-state index contributed by atoms with van der Waals surface area (Å²) in [6, 6.07) is 11.9. The van der Waals surface area contributed by atoms with E-state index in [0.29, 0.717) is 0 Å². The molecule has 0 aliphatic rings. The molecule has 0 aliphatic heterocycles. The molecule has 96 valence electrons. The molecule has 4 heterocycles. The Morgan fingerprint density at radius 2 is 1.85 bits per heavy atom. The van der Waals surface area contributed by atoms with Crippen molar-refractivity contribution in [3.05, 3.63) is 60.4 Å². The van der Waals surface area contributed by atoms with Gasteiger partial charge in [-0.1, -0.05) is 6.07 Å². The molecule has 5 heteroatoms. The highest BCUT2D eigenvalue weighted by Crippen LogP contribution is 2.34. The van der Waals surface area contributed by atoms with Crippen LogP contribution in [0.5, 0.6) is 0 Å². The van der Waals surface area contributed by atoms with Gasteiger partial charge in [0, 0.05) is 24.2 Å². The van der Waals surface area contributed by atoms with Crippen LogP contribution in [0, 0.1) is 0 Å². The summed E-state index contributed by atoms with van der Waals surface area (Å²) in [5, 5.41) is 6.49. The Morgan fingerprint density at radius 3 is 2.65 bits per heavy atom. The summed E-state index contributed by atoms with van der Waals surface area (Å²) < 4.78 is 1.88. The molecule has 0 fully saturated rings. The third kappa shape index (κ3) is 1.71. The fourth-order valence-corrected chi connectivity index (χ4v) is 2.96. The smallest absolute Gasteiger partial charge is 0.154 e. The van der Waals surface area contributed by atoms with Gasteiger partial charge >= 0.3 is 0 Å². The third-order valence-electron chi connectivity index (χ3n) is 3.10. The average molecular weight is 278 g/mol. The molecule has 4 aromatic heterocycles. The van der Waals surface area contributed by atoms with E-state index in [9.17, 15) is 0 Å². The fourth-order valence-electron chi connectivity index (χ4n) is 2.24. The molecule has 0 bridgehead atoms. The first-order valence-electron chi connectivity index (χ1n) is 6.21. The number of thiophene rings is 1. The second kappa shape index (κ2) is 4.54. The van der Waals surface area contributed by atoms with Crippen molar-refractivity contribution in [2.24, 2.45) is 0 Å². The maximum absolute atomic E-state index is 4.72. The molecule has 0 spiro atoms. The van der Waals surface area contributed by atoms with Crippen molar-refractivity contribution in [1.82, 2.24) is 19.6 Å². The molecule has 0 atom stereocenters. The number of hydrogen-bond acceptors (Lipinski definition) is 4. The summed E-state index contributed by atoms with van der Waals surface area (Å²) in [6.45, 7) is 0. The normalized spacial score (nSPS) is 11.0. The highest BCUT2D eigenvalue weighted by atomic mass is 32.1. The van der Waals surface area contributed by atoms with Gasteiger partial charge in [-0.3, -0.25) is 4.98 Å². The monoisotopic (exact) mass is 278 g/mol. The maximum atomic E-state index is 4.72. The van der Waals surface area contributed by atoms with Crippen molar-refractivity contribution in [2.75, 3.05) is 0 Å². The van der Waals surface area contributed by atoms with Crippen molar-refractivity contribution < 1.29 is 0 Å². The first-order chi connectivity index (χ1) is 9.93. The second-order valence-electron chi connectivity index (χ2n) is 4.32. The molecule has 4 nitrogen and oxygen atoms in total. The fraction of sp³-hybridized carbons (Fsp3) is 0. The summed E-state index contributed by atoms with van der Waals surface area (Å²) in [4.78, 5) is 9.94. The van der Waals surface area contributed by atoms with E-state index in [4.69, 9.17) is 4.98 Å². The Morgan fingerprint density at radius 1 is 0.950 bits per heavy atom. The van der Waals surface area contributed by atoms with Crippen LogP contribution >= 0.6 is 11.3 Å². The first kappa shape index (κ1) is 11.3. The Hall–Kier alpha value is -2.53. The van der Waals surface area contributed by atoms with Gasteiger partial charge in [0.05, 0.1) is 4.88 Å². The van der Waals surface area contributed by atoms with Gasteiger partial charge in [-0.25, -0.2) is 9.50 Å². The van der Waals surface area contributed by atoms with Crippen LogP contribution in [0.25, 0.3) is 27.5 Å². The van der Waals surface area contributed by atoms with Crippen molar-refractivity contribution >= 4 is 17.0 Å². The van der Waals surface area contributed by atoms with Crippen LogP contribution in [-0.2, 0) is 0 Å². The molecule has 4 rings (SSSR count). The highest BCUT2D eigenvalue weighted by Gasteiger charge is 2.16. The van der Waals surface area contributed by atoms with Crippen molar-refractivity contribution in [3.63, 3.8) is 0 Å². The number of aromatic nitrogens is 4. The predicted molar refractivity (Wildman–Crippen MR) is 79.5 cm³/mol. The van der Waals surface area contributed by atoms with Crippen LogP contribution in [-0.4, -0.2) is 19.6 Å². The van der Waals surface area contributed by atoms with Crippen LogP contribution in [0.4, 0.5) is 0 Å². The summed E-state index contributed by atoms with van der Waals surface area (Å²) in [7, 11) is 0. The quantitative estimate of drug-likeness (QED) is 0.563. The van der Waals surface area contributed by atoms with E-state index in [1.165, 1.54) is 0 Å². The van der Waals surface area contributed by atoms with Crippen molar-refractivity contribution in [1.29, 1.82) is 0 Å². The predicted octanol–water partition coefficient (Wildman–Crippen LogP) is 3.52. The first-order valence-corrected chi connectivity index (χ1v) is 7.09. The molecular formula is C15H10N4S. The average Bonchev–Trinajstić information content (AvgIpc) is 3.15. The highest BCUT2D eigenvalue weighted by molar-refractivity contribution is 7.13. The number of imidazole rings is 1. The van der Waals surface area contributed by atoms with E-state index in [-0.39, 0.29) is 0 Å². The van der Waals surface area contributed by atoms with Gasteiger partial charge in [0.25, 0.3) is 0 Å². The zero-order valence-electron chi connectivity index (χ0n) is 10.5. The lowest BCUT2D eigenvalue weighted by molar-refractivity contribution is 0.942. The van der Waals surface area contributed by atoms with Gasteiger partial charge < -0.3 is 0 Å². The van der Waals surface area contributed by atoms with Crippen molar-refractivity contribution in [2.45, 2.75) is 0 Å². The molecule has 4 aromatic rings. The van der Waals surface area contributed by atoms with Gasteiger partial charge in [-0.15, -0.1) is 11.3 Å². The van der Waals surface area contributed by atoms with Gasteiger partial charge in [0.15, 0.2) is 5.65 Å². The summed E-state index contributed by atoms with van der Waals surface area (Å²) in [6.07, 6.45) is 5.35. The van der Waals surface area contributed by atoms with E-state index in [0.717, 1.165) is 27.5 Å². The van der Waals surface area contributed by atoms with Gasteiger partial charge in [0.1, 0.15) is 11.4 Å². The lowest BCUT2D eigenvalue weighted by atomic mass is 10.1. The van der Waals surface area contributed by atoms with Crippen molar-refractivity contribution in [3.8, 4) is 21.8 Å². The zero-order chi connectivity index (χ0) is 13.4. The van der Waals surface area contributed by atoms with Gasteiger partial charge in [-0.2, -0.15) is 5.10 Å². The Kier molecular flexibility index (Phi) is 2.57. The third-order valence-corrected chi connectivity index (χ3v) is 3.98. The van der Waals surface area contributed by atoms with E-state index in [1.807, 2.05) is 34.8 Å². The Labute approximate surface area is 119 Å². The summed E-state index contributed by atoms with van der Waals surface area (Å²) in [5.74, 6) is 0. The Bertz CT molecular complexity index is 850. The van der Waals surface area contributed by atoms with E-state index in [1.54, 1.807) is 29.9 Å². The van der Waals surface area contributed by atoms with Crippen LogP contribution in [0.1, 0.15) is 0 Å². The van der Waals surface area contributed by atoms with E-state index in [2.05, 4.69) is 21.5 Å². The molecule has 0 saturated carbocycles. The molecular weight excluding hydrogens is 268 g/mol. The summed E-state index contributed by atoms with van der Waals surface area (Å²) in [5.41, 5.74) is 3.88. The standard InChI is InChI=1S/C15H10N4S/c1-4-13-18-14(12-3-2-10-20-12)15(19(13)17-7-1)11-5-8-16-9-6-11/h1-10H. The number of pyridine rings is 1. The SMILES string of the molecule is c1csc(-c2nc3cccnn3c2-c2ccncc2)c1. The zero-order valence-corrected chi connectivity index (χ0v) is 11.3. The Balaban J connectivity index is 2.09. The van der Waals surface area contributed by atoms with Crippen LogP contribution in [0.2, 0.25) is 0 Å². The lowest BCUT2D eigenvalue weighted by Crippen LogP contribution is -1.93. The molecule has 0 aromatic carbocycles. The van der Waals surface area contributed by atoms with Crippen LogP contribution in [0.15, 0.2) is 60.4 Å². The minimum Gasteiger partial charge on any atom is -0.265 e. The largest absolute Gasteiger partial charge is 0.265 e. The molecule has 0 amide bonds. The lowest BCUT2D eigenvalue weighted by Gasteiger charge is -2.02. The minimum absolute atomic E-state index is 0.850.